The van der Waals surface area contributed by atoms with Gasteiger partial charge < -0.3 is 0 Å². The standard InChI is InChI=1S/C40H40N2/c1-7-38-32-22-14-12-20-29(32)35-25-34(37(4,5)6)31(28-18-10-9-11-19-28)26-42(35)39(38,8-2)40(38)33-23-15-13-21-30(33)36-27(3)17-16-24-41(36)40/h9-26H,7-8H2,1-6H3/q+2. The van der Waals surface area contributed by atoms with E-state index in [0.717, 1.165) is 12.8 Å². The van der Waals surface area contributed by atoms with Crippen LogP contribution < -0.4 is 9.13 Å². The van der Waals surface area contributed by atoms with Crippen LogP contribution in [-0.2, 0) is 21.9 Å². The minimum atomic E-state index is -0.231. The first-order chi connectivity index (χ1) is 20.3. The quantitative estimate of drug-likeness (QED) is 0.200. The Morgan fingerprint density at radius 1 is 0.667 bits per heavy atom. The lowest BCUT2D eigenvalue weighted by Gasteiger charge is -2.29. The zero-order valence-electron chi connectivity index (χ0n) is 25.7. The molecule has 0 amide bonds. The molecule has 0 saturated heterocycles. The van der Waals surface area contributed by atoms with E-state index in [-0.39, 0.29) is 21.9 Å². The van der Waals surface area contributed by atoms with Gasteiger partial charge in [0.2, 0.25) is 11.4 Å². The minimum Gasteiger partial charge on any atom is -0.183 e. The van der Waals surface area contributed by atoms with Crippen LogP contribution in [0.2, 0.25) is 0 Å². The molecule has 208 valence electrons. The Morgan fingerprint density at radius 3 is 2.02 bits per heavy atom. The molecule has 2 aliphatic heterocycles. The molecule has 3 atom stereocenters. The molecule has 3 aliphatic rings. The molecule has 1 fully saturated rings. The van der Waals surface area contributed by atoms with E-state index in [1.807, 2.05) is 0 Å². The van der Waals surface area contributed by atoms with Crippen molar-refractivity contribution in [2.24, 2.45) is 0 Å². The van der Waals surface area contributed by atoms with E-state index in [4.69, 9.17) is 0 Å². The Kier molecular flexibility index (Phi) is 5.06. The topological polar surface area (TPSA) is 7.76 Å². The van der Waals surface area contributed by atoms with Gasteiger partial charge in [-0.1, -0.05) is 101 Å². The minimum absolute atomic E-state index is 0.00592. The summed E-state index contributed by atoms with van der Waals surface area (Å²) in [5.74, 6) is 0. The summed E-state index contributed by atoms with van der Waals surface area (Å²) in [6.45, 7) is 14.2. The number of hydrogen-bond acceptors (Lipinski definition) is 0. The van der Waals surface area contributed by atoms with Gasteiger partial charge in [-0.25, -0.2) is 0 Å². The Labute approximate surface area is 250 Å². The van der Waals surface area contributed by atoms with Gasteiger partial charge in [0.25, 0.3) is 11.1 Å². The number of aryl methyl sites for hydroxylation is 1. The van der Waals surface area contributed by atoms with E-state index < -0.39 is 0 Å². The third kappa shape index (κ3) is 2.64. The van der Waals surface area contributed by atoms with Crippen LogP contribution in [-0.4, -0.2) is 0 Å². The lowest BCUT2D eigenvalue weighted by Crippen LogP contribution is -2.60. The smallest absolute Gasteiger partial charge is 0.183 e. The van der Waals surface area contributed by atoms with Gasteiger partial charge in [-0.15, -0.1) is 0 Å². The second kappa shape index (κ2) is 8.28. The monoisotopic (exact) mass is 548 g/mol. The van der Waals surface area contributed by atoms with Crippen molar-refractivity contribution in [1.29, 1.82) is 0 Å². The van der Waals surface area contributed by atoms with Gasteiger partial charge in [-0.3, -0.25) is 0 Å². The summed E-state index contributed by atoms with van der Waals surface area (Å²) in [7, 11) is 0. The number of nitrogens with zero attached hydrogens (tertiary/aromatic N) is 2. The molecule has 5 aromatic rings. The normalized spacial score (nSPS) is 24.4. The van der Waals surface area contributed by atoms with E-state index >= 15 is 0 Å². The van der Waals surface area contributed by atoms with Crippen molar-refractivity contribution in [3.05, 3.63) is 132 Å². The van der Waals surface area contributed by atoms with Gasteiger partial charge in [-0.05, 0) is 53.6 Å². The van der Waals surface area contributed by atoms with Gasteiger partial charge in [-0.2, -0.15) is 9.13 Å². The number of aromatic nitrogens is 2. The van der Waals surface area contributed by atoms with E-state index in [1.54, 1.807) is 0 Å². The number of hydrogen-bond donors (Lipinski definition) is 0. The van der Waals surface area contributed by atoms with Crippen LogP contribution in [0.3, 0.4) is 0 Å². The van der Waals surface area contributed by atoms with Crippen LogP contribution in [0.15, 0.2) is 109 Å². The average molecular weight is 549 g/mol. The third-order valence-corrected chi connectivity index (χ3v) is 11.1. The fourth-order valence-corrected chi connectivity index (χ4v) is 9.78. The molecule has 42 heavy (non-hydrogen) atoms. The van der Waals surface area contributed by atoms with E-state index in [9.17, 15) is 0 Å². The van der Waals surface area contributed by atoms with Crippen molar-refractivity contribution >= 4 is 0 Å². The zero-order valence-corrected chi connectivity index (χ0v) is 25.7. The molecule has 3 aromatic carbocycles. The molecule has 1 aliphatic carbocycles. The van der Waals surface area contributed by atoms with Crippen molar-refractivity contribution in [3.63, 3.8) is 0 Å². The van der Waals surface area contributed by atoms with Gasteiger partial charge in [0.15, 0.2) is 12.4 Å². The Hall–Kier alpha value is -4.04. The van der Waals surface area contributed by atoms with Gasteiger partial charge in [0, 0.05) is 35.2 Å². The maximum Gasteiger partial charge on any atom is 0.275 e. The highest BCUT2D eigenvalue weighted by molar-refractivity contribution is 5.79. The van der Waals surface area contributed by atoms with Gasteiger partial charge >= 0.3 is 0 Å². The molecule has 8 rings (SSSR count). The highest BCUT2D eigenvalue weighted by atomic mass is 15.3. The van der Waals surface area contributed by atoms with Crippen molar-refractivity contribution in [3.8, 4) is 33.6 Å². The second-order valence-electron chi connectivity index (χ2n) is 13.7. The predicted octanol–water partition coefficient (Wildman–Crippen LogP) is 8.41. The first kappa shape index (κ1) is 25.7. The Balaban J connectivity index is 1.58. The maximum absolute atomic E-state index is 2.75. The van der Waals surface area contributed by atoms with Gasteiger partial charge in [0.05, 0.1) is 11.1 Å². The van der Waals surface area contributed by atoms with E-state index in [2.05, 4.69) is 160 Å². The molecule has 2 nitrogen and oxygen atoms in total. The number of pyridine rings is 2. The van der Waals surface area contributed by atoms with Crippen molar-refractivity contribution < 1.29 is 9.13 Å². The highest BCUT2D eigenvalue weighted by Gasteiger charge is 3.03. The van der Waals surface area contributed by atoms with Crippen LogP contribution in [0, 0.1) is 6.92 Å². The summed E-state index contributed by atoms with van der Waals surface area (Å²) in [4.78, 5) is 0. The molecular weight excluding hydrogens is 508 g/mol. The Morgan fingerprint density at radius 2 is 1.33 bits per heavy atom. The first-order valence-electron chi connectivity index (χ1n) is 15.7. The molecule has 2 heteroatoms. The molecule has 0 bridgehead atoms. The summed E-state index contributed by atoms with van der Waals surface area (Å²) in [6, 6.07) is 36.7. The second-order valence-corrected chi connectivity index (χ2v) is 13.7. The fraction of sp³-hybridized carbons (Fsp3) is 0.300. The molecule has 3 unspecified atom stereocenters. The lowest BCUT2D eigenvalue weighted by molar-refractivity contribution is -0.799. The predicted molar refractivity (Wildman–Crippen MR) is 170 cm³/mol. The van der Waals surface area contributed by atoms with Crippen LogP contribution in [0.5, 0.6) is 0 Å². The van der Waals surface area contributed by atoms with Crippen LogP contribution in [0.25, 0.3) is 33.6 Å². The number of benzene rings is 3. The molecule has 4 heterocycles. The average Bonchev–Trinajstić information content (AvgIpc) is 3.46. The molecular formula is C40H40N2+2. The zero-order chi connectivity index (χ0) is 29.1. The summed E-state index contributed by atoms with van der Waals surface area (Å²) in [6.07, 6.45) is 7.01. The molecule has 0 radical (unpaired) electrons. The van der Waals surface area contributed by atoms with Crippen molar-refractivity contribution in [2.75, 3.05) is 0 Å². The molecule has 2 aromatic heterocycles. The number of rotatable bonds is 3. The highest BCUT2D eigenvalue weighted by Crippen LogP contribution is 2.80. The van der Waals surface area contributed by atoms with E-state index in [1.165, 1.54) is 55.9 Å². The lowest BCUT2D eigenvalue weighted by atomic mass is 9.76. The molecule has 1 spiro atoms. The summed E-state index contributed by atoms with van der Waals surface area (Å²) in [5.41, 5.74) is 13.3. The van der Waals surface area contributed by atoms with Crippen LogP contribution in [0.1, 0.15) is 69.7 Å². The molecule has 1 saturated carbocycles. The summed E-state index contributed by atoms with van der Waals surface area (Å²) >= 11 is 0. The van der Waals surface area contributed by atoms with Crippen LogP contribution >= 0.6 is 0 Å². The summed E-state index contributed by atoms with van der Waals surface area (Å²) < 4.78 is 5.44. The SMILES string of the molecule is CCC12c3ccccc3-c3cc(C(C)(C)C)c(-c4ccccc4)c[n+]3C1(CC)C21c2ccccc2-c2c(C)ccc[n+]21. The van der Waals surface area contributed by atoms with E-state index in [0.29, 0.717) is 0 Å². The van der Waals surface area contributed by atoms with Crippen molar-refractivity contribution in [2.45, 2.75) is 76.3 Å². The van der Waals surface area contributed by atoms with Crippen LogP contribution in [0.4, 0.5) is 0 Å². The number of fused-ring (bicyclic) bond motifs is 13. The molecule has 0 N–H and O–H groups in total. The third-order valence-electron chi connectivity index (χ3n) is 11.1. The maximum atomic E-state index is 2.75. The van der Waals surface area contributed by atoms with Crippen molar-refractivity contribution in [1.82, 2.24) is 0 Å². The Bertz CT molecular complexity index is 1910. The first-order valence-corrected chi connectivity index (χ1v) is 15.7. The summed E-state index contributed by atoms with van der Waals surface area (Å²) in [5, 5.41) is 0. The largest absolute Gasteiger partial charge is 0.275 e. The fourth-order valence-electron chi connectivity index (χ4n) is 9.78. The van der Waals surface area contributed by atoms with Gasteiger partial charge in [0.1, 0.15) is 5.41 Å².